The number of aromatic nitrogens is 1. The number of nitrogens with zero attached hydrogens (tertiary/aromatic N) is 1. The van der Waals surface area contributed by atoms with Gasteiger partial charge in [-0.2, -0.15) is 0 Å². The van der Waals surface area contributed by atoms with Crippen molar-refractivity contribution in [2.24, 2.45) is 0 Å². The Morgan fingerprint density at radius 2 is 1.86 bits per heavy atom. The monoisotopic (exact) mass is 185 g/mol. The summed E-state index contributed by atoms with van der Waals surface area (Å²) in [5.41, 5.74) is 3.74. The second kappa shape index (κ2) is 3.79. The predicted octanol–water partition coefficient (Wildman–Crippen LogP) is 3.36. The van der Waals surface area contributed by atoms with Crippen molar-refractivity contribution >= 4 is 10.9 Å². The molecule has 1 aromatic carbocycles. The van der Waals surface area contributed by atoms with Crippen LogP contribution in [0.3, 0.4) is 0 Å². The summed E-state index contributed by atoms with van der Waals surface area (Å²) in [6.45, 7) is 4.35. The van der Waals surface area contributed by atoms with Crippen LogP contribution < -0.4 is 0 Å². The molecular formula is C13H15N. The number of aryl methyl sites for hydroxylation is 2. The van der Waals surface area contributed by atoms with Gasteiger partial charge in [0.15, 0.2) is 0 Å². The van der Waals surface area contributed by atoms with Gasteiger partial charge in [0.05, 0.1) is 5.52 Å². The minimum Gasteiger partial charge on any atom is -0.253 e. The van der Waals surface area contributed by atoms with Gasteiger partial charge in [0.1, 0.15) is 0 Å². The van der Waals surface area contributed by atoms with Crippen molar-refractivity contribution in [3.05, 3.63) is 41.6 Å². The molecule has 0 spiro atoms. The third-order valence-electron chi connectivity index (χ3n) is 2.61. The molecule has 0 bridgehead atoms. The van der Waals surface area contributed by atoms with Gasteiger partial charge >= 0.3 is 0 Å². The molecule has 14 heavy (non-hydrogen) atoms. The van der Waals surface area contributed by atoms with Crippen LogP contribution in [0.15, 0.2) is 30.3 Å². The van der Waals surface area contributed by atoms with Crippen molar-refractivity contribution < 1.29 is 0 Å². The first-order valence-electron chi connectivity index (χ1n) is 5.22. The Bertz CT molecular complexity index is 403. The zero-order chi connectivity index (χ0) is 9.97. The lowest BCUT2D eigenvalue weighted by molar-refractivity contribution is 0.981. The first kappa shape index (κ1) is 9.20. The summed E-state index contributed by atoms with van der Waals surface area (Å²) in [7, 11) is 0. The van der Waals surface area contributed by atoms with Crippen molar-refractivity contribution in [1.29, 1.82) is 0 Å². The van der Waals surface area contributed by atoms with Gasteiger partial charge in [-0.1, -0.05) is 32.0 Å². The first-order chi connectivity index (χ1) is 6.85. The Hall–Kier alpha value is -1.37. The number of fused-ring (bicyclic) bond motifs is 1. The van der Waals surface area contributed by atoms with Gasteiger partial charge in [-0.15, -0.1) is 0 Å². The number of benzene rings is 1. The zero-order valence-corrected chi connectivity index (χ0v) is 8.75. The van der Waals surface area contributed by atoms with Crippen molar-refractivity contribution in [2.45, 2.75) is 26.7 Å². The number of pyridine rings is 1. The maximum absolute atomic E-state index is 4.66. The lowest BCUT2D eigenvalue weighted by atomic mass is 10.1. The second-order valence-electron chi connectivity index (χ2n) is 3.49. The van der Waals surface area contributed by atoms with Crippen LogP contribution in [0.4, 0.5) is 0 Å². The van der Waals surface area contributed by atoms with E-state index in [4.69, 9.17) is 0 Å². The molecule has 0 aliphatic rings. The van der Waals surface area contributed by atoms with E-state index in [9.17, 15) is 0 Å². The van der Waals surface area contributed by atoms with E-state index in [1.807, 2.05) is 6.07 Å². The minimum atomic E-state index is 1.02. The quantitative estimate of drug-likeness (QED) is 0.699. The second-order valence-corrected chi connectivity index (χ2v) is 3.49. The molecule has 0 aliphatic carbocycles. The fraction of sp³-hybridized carbons (Fsp3) is 0.308. The van der Waals surface area contributed by atoms with E-state index in [1.54, 1.807) is 0 Å². The van der Waals surface area contributed by atoms with Crippen LogP contribution in [0.2, 0.25) is 0 Å². The molecule has 0 saturated carbocycles. The van der Waals surface area contributed by atoms with Crippen molar-refractivity contribution in [3.8, 4) is 0 Å². The van der Waals surface area contributed by atoms with Crippen LogP contribution in [0.5, 0.6) is 0 Å². The van der Waals surface area contributed by atoms with Crippen molar-refractivity contribution in [1.82, 2.24) is 4.98 Å². The number of hydrogen-bond donors (Lipinski definition) is 0. The van der Waals surface area contributed by atoms with E-state index in [0.29, 0.717) is 0 Å². The first-order valence-corrected chi connectivity index (χ1v) is 5.22. The van der Waals surface area contributed by atoms with Crippen molar-refractivity contribution in [2.75, 3.05) is 0 Å². The van der Waals surface area contributed by atoms with E-state index in [2.05, 4.69) is 43.1 Å². The highest BCUT2D eigenvalue weighted by atomic mass is 14.7. The lowest BCUT2D eigenvalue weighted by Gasteiger charge is -2.06. The molecular weight excluding hydrogens is 170 g/mol. The number of rotatable bonds is 2. The summed E-state index contributed by atoms with van der Waals surface area (Å²) in [6.07, 6.45) is 2.09. The van der Waals surface area contributed by atoms with E-state index in [1.165, 1.54) is 16.6 Å². The highest BCUT2D eigenvalue weighted by molar-refractivity contribution is 5.79. The summed E-state index contributed by atoms with van der Waals surface area (Å²) < 4.78 is 0. The number of para-hydroxylation sites is 1. The molecule has 0 N–H and O–H groups in total. The zero-order valence-electron chi connectivity index (χ0n) is 8.75. The SMILES string of the molecule is CCc1cc2ccccc2nc1CC. The van der Waals surface area contributed by atoms with Gasteiger partial charge in [-0.25, -0.2) is 0 Å². The number of hydrogen-bond acceptors (Lipinski definition) is 1. The van der Waals surface area contributed by atoms with Gasteiger partial charge in [0, 0.05) is 11.1 Å². The Morgan fingerprint density at radius 3 is 2.57 bits per heavy atom. The molecule has 1 aromatic heterocycles. The molecule has 0 fully saturated rings. The summed E-state index contributed by atoms with van der Waals surface area (Å²) in [5, 5.41) is 1.25. The van der Waals surface area contributed by atoms with Crippen LogP contribution in [-0.4, -0.2) is 4.98 Å². The Morgan fingerprint density at radius 1 is 1.07 bits per heavy atom. The van der Waals surface area contributed by atoms with Crippen LogP contribution in [0.1, 0.15) is 25.1 Å². The maximum Gasteiger partial charge on any atom is 0.0705 e. The average Bonchev–Trinajstić information content (AvgIpc) is 2.27. The molecule has 0 amide bonds. The van der Waals surface area contributed by atoms with Crippen LogP contribution in [0, 0.1) is 0 Å². The molecule has 2 rings (SSSR count). The normalized spacial score (nSPS) is 10.7. The molecule has 0 saturated heterocycles. The molecule has 0 unspecified atom stereocenters. The van der Waals surface area contributed by atoms with Gasteiger partial charge in [0.25, 0.3) is 0 Å². The molecule has 0 radical (unpaired) electrons. The molecule has 0 aliphatic heterocycles. The Kier molecular flexibility index (Phi) is 2.49. The minimum absolute atomic E-state index is 1.02. The molecule has 2 aromatic rings. The van der Waals surface area contributed by atoms with E-state index < -0.39 is 0 Å². The third kappa shape index (κ3) is 1.50. The Balaban J connectivity index is 2.69. The summed E-state index contributed by atoms with van der Waals surface area (Å²) in [4.78, 5) is 4.66. The van der Waals surface area contributed by atoms with E-state index in [0.717, 1.165) is 18.4 Å². The van der Waals surface area contributed by atoms with Gasteiger partial charge in [-0.3, -0.25) is 4.98 Å². The van der Waals surface area contributed by atoms with Gasteiger partial charge < -0.3 is 0 Å². The fourth-order valence-corrected chi connectivity index (χ4v) is 1.81. The van der Waals surface area contributed by atoms with Crippen molar-refractivity contribution in [3.63, 3.8) is 0 Å². The third-order valence-corrected chi connectivity index (χ3v) is 2.61. The standard InChI is InChI=1S/C13H15N/c1-3-10-9-11-7-5-6-8-13(11)14-12(10)4-2/h5-9H,3-4H2,1-2H3. The molecule has 0 atom stereocenters. The van der Waals surface area contributed by atoms with Crippen LogP contribution in [-0.2, 0) is 12.8 Å². The lowest BCUT2D eigenvalue weighted by Crippen LogP contribution is -1.95. The highest BCUT2D eigenvalue weighted by Gasteiger charge is 2.02. The summed E-state index contributed by atoms with van der Waals surface area (Å²) in [6, 6.07) is 10.6. The topological polar surface area (TPSA) is 12.9 Å². The van der Waals surface area contributed by atoms with Crippen LogP contribution in [0.25, 0.3) is 10.9 Å². The smallest absolute Gasteiger partial charge is 0.0705 e. The fourth-order valence-electron chi connectivity index (χ4n) is 1.81. The molecule has 1 nitrogen and oxygen atoms in total. The van der Waals surface area contributed by atoms with E-state index >= 15 is 0 Å². The average molecular weight is 185 g/mol. The molecule has 1 heterocycles. The van der Waals surface area contributed by atoms with Crippen LogP contribution >= 0.6 is 0 Å². The summed E-state index contributed by atoms with van der Waals surface area (Å²) in [5.74, 6) is 0. The predicted molar refractivity (Wildman–Crippen MR) is 60.5 cm³/mol. The largest absolute Gasteiger partial charge is 0.253 e. The van der Waals surface area contributed by atoms with E-state index in [-0.39, 0.29) is 0 Å². The maximum atomic E-state index is 4.66. The van der Waals surface area contributed by atoms with Gasteiger partial charge in [-0.05, 0) is 30.5 Å². The highest BCUT2D eigenvalue weighted by Crippen LogP contribution is 2.17. The molecule has 1 heteroatoms. The van der Waals surface area contributed by atoms with Gasteiger partial charge in [0.2, 0.25) is 0 Å². The summed E-state index contributed by atoms with van der Waals surface area (Å²) >= 11 is 0. The molecule has 72 valence electrons. The Labute approximate surface area is 84.8 Å².